The van der Waals surface area contributed by atoms with Gasteiger partial charge in [-0.25, -0.2) is 4.79 Å². The van der Waals surface area contributed by atoms with Crippen LogP contribution in [0.4, 0.5) is 0 Å². The molecule has 0 atom stereocenters. The van der Waals surface area contributed by atoms with E-state index in [0.29, 0.717) is 30.4 Å². The Kier molecular flexibility index (Phi) is 6.36. The molecule has 0 aromatic heterocycles. The van der Waals surface area contributed by atoms with Crippen LogP contribution in [-0.4, -0.2) is 30.9 Å². The van der Waals surface area contributed by atoms with Gasteiger partial charge in [0.2, 0.25) is 0 Å². The van der Waals surface area contributed by atoms with Crippen molar-refractivity contribution in [1.29, 1.82) is 0 Å². The fraction of sp³-hybridized carbons (Fsp3) is 0.533. The lowest BCUT2D eigenvalue weighted by Gasteiger charge is -2.11. The zero-order valence-corrected chi connectivity index (χ0v) is 11.8. The van der Waals surface area contributed by atoms with Crippen LogP contribution in [-0.2, 0) is 4.74 Å². The normalized spacial score (nSPS) is 10.7. The minimum atomic E-state index is -0.934. The van der Waals surface area contributed by atoms with Crippen LogP contribution in [0.25, 0.3) is 0 Å². The molecular formula is C15H22O4. The Labute approximate surface area is 114 Å². The average molecular weight is 266 g/mol. The van der Waals surface area contributed by atoms with Gasteiger partial charge in [-0.05, 0) is 31.4 Å². The molecule has 1 N–H and O–H groups in total. The molecule has 0 spiro atoms. The molecule has 0 saturated carbocycles. The first-order valence-corrected chi connectivity index (χ1v) is 6.55. The maximum Gasteiger partial charge on any atom is 0.336 e. The van der Waals surface area contributed by atoms with Crippen LogP contribution >= 0.6 is 0 Å². The molecule has 19 heavy (non-hydrogen) atoms. The maximum atomic E-state index is 11.0. The number of carboxylic acid groups (broad SMARTS) is 1. The third kappa shape index (κ3) is 5.30. The standard InChI is InChI=1S/C15H22O4/c1-11(2)7-8-18-9-10-19-14-6-4-5-13(12(14)3)15(16)17/h4-6,11H,7-10H2,1-3H3,(H,16,17). The molecule has 1 aromatic carbocycles. The summed E-state index contributed by atoms with van der Waals surface area (Å²) in [5.74, 6) is 0.305. The Morgan fingerprint density at radius 2 is 2.00 bits per heavy atom. The first-order chi connectivity index (χ1) is 9.02. The van der Waals surface area contributed by atoms with E-state index in [1.54, 1.807) is 25.1 Å². The Balaban J connectivity index is 2.37. The van der Waals surface area contributed by atoms with Crippen LogP contribution in [0.2, 0.25) is 0 Å². The Morgan fingerprint density at radius 1 is 1.26 bits per heavy atom. The fourth-order valence-electron chi connectivity index (χ4n) is 1.63. The van der Waals surface area contributed by atoms with E-state index in [0.717, 1.165) is 13.0 Å². The summed E-state index contributed by atoms with van der Waals surface area (Å²) < 4.78 is 11.0. The highest BCUT2D eigenvalue weighted by molar-refractivity contribution is 5.90. The van der Waals surface area contributed by atoms with E-state index < -0.39 is 5.97 Å². The number of benzene rings is 1. The second kappa shape index (κ2) is 7.79. The lowest BCUT2D eigenvalue weighted by atomic mass is 10.1. The van der Waals surface area contributed by atoms with E-state index in [-0.39, 0.29) is 5.56 Å². The van der Waals surface area contributed by atoms with Gasteiger partial charge in [-0.15, -0.1) is 0 Å². The molecule has 4 nitrogen and oxygen atoms in total. The lowest BCUT2D eigenvalue weighted by Crippen LogP contribution is -2.10. The smallest absolute Gasteiger partial charge is 0.336 e. The minimum Gasteiger partial charge on any atom is -0.491 e. The maximum absolute atomic E-state index is 11.0. The highest BCUT2D eigenvalue weighted by Gasteiger charge is 2.10. The average Bonchev–Trinajstić information content (AvgIpc) is 2.34. The van der Waals surface area contributed by atoms with Gasteiger partial charge in [0.25, 0.3) is 0 Å². The quantitative estimate of drug-likeness (QED) is 0.734. The molecule has 106 valence electrons. The topological polar surface area (TPSA) is 55.8 Å². The van der Waals surface area contributed by atoms with Crippen molar-refractivity contribution in [2.45, 2.75) is 27.2 Å². The molecule has 1 aromatic rings. The number of ether oxygens (including phenoxy) is 2. The fourth-order valence-corrected chi connectivity index (χ4v) is 1.63. The SMILES string of the molecule is Cc1c(OCCOCCC(C)C)cccc1C(=O)O. The molecular weight excluding hydrogens is 244 g/mol. The summed E-state index contributed by atoms with van der Waals surface area (Å²) in [4.78, 5) is 11.0. The van der Waals surface area contributed by atoms with Gasteiger partial charge in [-0.3, -0.25) is 0 Å². The van der Waals surface area contributed by atoms with Crippen LogP contribution in [0, 0.1) is 12.8 Å². The third-order valence-electron chi connectivity index (χ3n) is 2.84. The van der Waals surface area contributed by atoms with E-state index >= 15 is 0 Å². The molecule has 0 aliphatic rings. The van der Waals surface area contributed by atoms with E-state index in [9.17, 15) is 4.79 Å². The number of rotatable bonds is 8. The second-order valence-corrected chi connectivity index (χ2v) is 4.88. The highest BCUT2D eigenvalue weighted by Crippen LogP contribution is 2.21. The summed E-state index contributed by atoms with van der Waals surface area (Å²) in [6.07, 6.45) is 1.04. The Bertz CT molecular complexity index is 413. The van der Waals surface area contributed by atoms with Crippen molar-refractivity contribution in [2.75, 3.05) is 19.8 Å². The molecule has 0 heterocycles. The van der Waals surface area contributed by atoms with E-state index in [2.05, 4.69) is 13.8 Å². The van der Waals surface area contributed by atoms with Crippen molar-refractivity contribution in [3.05, 3.63) is 29.3 Å². The molecule has 4 heteroatoms. The van der Waals surface area contributed by atoms with Crippen LogP contribution in [0.1, 0.15) is 36.2 Å². The second-order valence-electron chi connectivity index (χ2n) is 4.88. The summed E-state index contributed by atoms with van der Waals surface area (Å²) in [5, 5.41) is 9.00. The monoisotopic (exact) mass is 266 g/mol. The molecule has 0 amide bonds. The predicted octanol–water partition coefficient (Wildman–Crippen LogP) is 3.13. The zero-order valence-electron chi connectivity index (χ0n) is 11.8. The van der Waals surface area contributed by atoms with Gasteiger partial charge in [-0.1, -0.05) is 19.9 Å². The van der Waals surface area contributed by atoms with Gasteiger partial charge >= 0.3 is 5.97 Å². The van der Waals surface area contributed by atoms with Gasteiger partial charge in [0.05, 0.1) is 12.2 Å². The molecule has 0 unspecified atom stereocenters. The number of aromatic carboxylic acids is 1. The highest BCUT2D eigenvalue weighted by atomic mass is 16.5. The minimum absolute atomic E-state index is 0.276. The number of carboxylic acids is 1. The Hall–Kier alpha value is -1.55. The van der Waals surface area contributed by atoms with Crippen molar-refractivity contribution < 1.29 is 19.4 Å². The van der Waals surface area contributed by atoms with Crippen molar-refractivity contribution >= 4 is 5.97 Å². The third-order valence-corrected chi connectivity index (χ3v) is 2.84. The molecule has 1 rings (SSSR count). The summed E-state index contributed by atoms with van der Waals surface area (Å²) in [5.41, 5.74) is 0.926. The van der Waals surface area contributed by atoms with Gasteiger partial charge in [0.1, 0.15) is 12.4 Å². The molecule has 0 fully saturated rings. The van der Waals surface area contributed by atoms with Crippen molar-refractivity contribution in [3.63, 3.8) is 0 Å². The van der Waals surface area contributed by atoms with Gasteiger partial charge < -0.3 is 14.6 Å². The molecule has 0 saturated heterocycles. The number of hydrogen-bond donors (Lipinski definition) is 1. The zero-order chi connectivity index (χ0) is 14.3. The van der Waals surface area contributed by atoms with Crippen LogP contribution in [0.5, 0.6) is 5.75 Å². The molecule has 0 bridgehead atoms. The van der Waals surface area contributed by atoms with Gasteiger partial charge in [-0.2, -0.15) is 0 Å². The lowest BCUT2D eigenvalue weighted by molar-refractivity contribution is 0.0695. The van der Waals surface area contributed by atoms with Crippen molar-refractivity contribution in [3.8, 4) is 5.75 Å². The van der Waals surface area contributed by atoms with Gasteiger partial charge in [0, 0.05) is 12.2 Å². The van der Waals surface area contributed by atoms with E-state index in [4.69, 9.17) is 14.6 Å². The summed E-state index contributed by atoms with van der Waals surface area (Å²) in [6.45, 7) is 7.74. The van der Waals surface area contributed by atoms with Crippen LogP contribution in [0.15, 0.2) is 18.2 Å². The summed E-state index contributed by atoms with van der Waals surface area (Å²) in [6, 6.07) is 5.03. The van der Waals surface area contributed by atoms with Crippen LogP contribution in [0.3, 0.4) is 0 Å². The molecule has 0 radical (unpaired) electrons. The van der Waals surface area contributed by atoms with E-state index in [1.165, 1.54) is 0 Å². The van der Waals surface area contributed by atoms with Crippen molar-refractivity contribution in [1.82, 2.24) is 0 Å². The first kappa shape index (κ1) is 15.5. The van der Waals surface area contributed by atoms with E-state index in [1.807, 2.05) is 0 Å². The summed E-state index contributed by atoms with van der Waals surface area (Å²) in [7, 11) is 0. The summed E-state index contributed by atoms with van der Waals surface area (Å²) >= 11 is 0. The molecule has 0 aliphatic heterocycles. The largest absolute Gasteiger partial charge is 0.491 e. The first-order valence-electron chi connectivity index (χ1n) is 6.55. The van der Waals surface area contributed by atoms with Crippen molar-refractivity contribution in [2.24, 2.45) is 5.92 Å². The number of hydrogen-bond acceptors (Lipinski definition) is 3. The number of carbonyl (C=O) groups is 1. The molecule has 0 aliphatic carbocycles. The predicted molar refractivity (Wildman–Crippen MR) is 73.9 cm³/mol. The Morgan fingerprint density at radius 3 is 2.63 bits per heavy atom. The van der Waals surface area contributed by atoms with Crippen LogP contribution < -0.4 is 4.74 Å². The van der Waals surface area contributed by atoms with Gasteiger partial charge in [0.15, 0.2) is 0 Å².